The highest BCUT2D eigenvalue weighted by Crippen LogP contribution is 2.28. The van der Waals surface area contributed by atoms with Crippen LogP contribution in [0.5, 0.6) is 0 Å². The monoisotopic (exact) mass is 306 g/mol. The zero-order chi connectivity index (χ0) is 16.4. The van der Waals surface area contributed by atoms with Crippen molar-refractivity contribution in [2.24, 2.45) is 0 Å². The van der Waals surface area contributed by atoms with Crippen LogP contribution in [0.25, 0.3) is 0 Å². The van der Waals surface area contributed by atoms with Crippen LogP contribution in [0.4, 0.5) is 0 Å². The lowest BCUT2D eigenvalue weighted by Gasteiger charge is -2.19. The van der Waals surface area contributed by atoms with Gasteiger partial charge in [-0.3, -0.25) is 9.88 Å². The summed E-state index contributed by atoms with van der Waals surface area (Å²) in [5.74, 6) is 0.565. The molecule has 0 amide bonds. The normalized spacial score (nSPS) is 20.9. The van der Waals surface area contributed by atoms with Crippen LogP contribution >= 0.6 is 0 Å². The Bertz CT molecular complexity index is 408. The molecule has 1 atom stereocenters. The lowest BCUT2D eigenvalue weighted by atomic mass is 9.96. The third-order valence-corrected chi connectivity index (χ3v) is 4.09. The van der Waals surface area contributed by atoms with E-state index in [2.05, 4.69) is 24.0 Å². The predicted molar refractivity (Wildman–Crippen MR) is 94.4 cm³/mol. The summed E-state index contributed by atoms with van der Waals surface area (Å²) >= 11 is 0. The molecule has 2 aliphatic rings. The molecule has 3 heteroatoms. The fourth-order valence-electron chi connectivity index (χ4n) is 3.05. The van der Waals surface area contributed by atoms with Crippen LogP contribution in [0.1, 0.15) is 69.8 Å². The SMILES string of the molecule is CC.CC.Cc1ccc(C2CCOC2)c(CN2CCCC2)n1. The van der Waals surface area contributed by atoms with Gasteiger partial charge in [0.1, 0.15) is 0 Å². The van der Waals surface area contributed by atoms with E-state index in [1.54, 1.807) is 0 Å². The second-order valence-electron chi connectivity index (χ2n) is 5.53. The topological polar surface area (TPSA) is 25.4 Å². The quantitative estimate of drug-likeness (QED) is 0.819. The maximum absolute atomic E-state index is 5.53. The summed E-state index contributed by atoms with van der Waals surface area (Å²) in [5.41, 5.74) is 3.84. The second kappa shape index (κ2) is 10.7. The van der Waals surface area contributed by atoms with Gasteiger partial charge in [-0.1, -0.05) is 33.8 Å². The first kappa shape index (κ1) is 19.1. The molecule has 1 aromatic heterocycles. The van der Waals surface area contributed by atoms with E-state index >= 15 is 0 Å². The summed E-state index contributed by atoms with van der Waals surface area (Å²) in [5, 5.41) is 0. The van der Waals surface area contributed by atoms with E-state index in [1.165, 1.54) is 37.2 Å². The van der Waals surface area contributed by atoms with Crippen molar-refractivity contribution in [2.45, 2.75) is 66.3 Å². The summed E-state index contributed by atoms with van der Waals surface area (Å²) in [6.07, 6.45) is 3.83. The molecule has 126 valence electrons. The average Bonchev–Trinajstić information content (AvgIpc) is 3.25. The molecule has 0 saturated carbocycles. The van der Waals surface area contributed by atoms with Crippen molar-refractivity contribution < 1.29 is 4.74 Å². The van der Waals surface area contributed by atoms with E-state index in [9.17, 15) is 0 Å². The Kier molecular flexibility index (Phi) is 9.33. The van der Waals surface area contributed by atoms with Gasteiger partial charge in [0.05, 0.1) is 12.3 Å². The summed E-state index contributed by atoms with van der Waals surface area (Å²) in [7, 11) is 0. The predicted octanol–water partition coefficient (Wildman–Crippen LogP) is 4.54. The largest absolute Gasteiger partial charge is 0.381 e. The van der Waals surface area contributed by atoms with Gasteiger partial charge in [-0.2, -0.15) is 0 Å². The molecule has 0 radical (unpaired) electrons. The standard InChI is InChI=1S/C15H22N2O.2C2H6/c1-12-4-5-14(13-6-9-18-11-13)15(16-12)10-17-7-2-3-8-17;2*1-2/h4-5,13H,2-3,6-11H2,1H3;2*1-2H3. The van der Waals surface area contributed by atoms with E-state index in [0.717, 1.165) is 31.9 Å². The second-order valence-corrected chi connectivity index (χ2v) is 5.53. The number of hydrogen-bond acceptors (Lipinski definition) is 3. The van der Waals surface area contributed by atoms with Crippen LogP contribution in [0.2, 0.25) is 0 Å². The highest BCUT2D eigenvalue weighted by atomic mass is 16.5. The summed E-state index contributed by atoms with van der Waals surface area (Å²) in [6, 6.07) is 4.41. The molecule has 0 bridgehead atoms. The van der Waals surface area contributed by atoms with Crippen molar-refractivity contribution in [3.05, 3.63) is 29.1 Å². The van der Waals surface area contributed by atoms with Gasteiger partial charge < -0.3 is 4.74 Å². The number of aryl methyl sites for hydroxylation is 1. The summed E-state index contributed by atoms with van der Waals surface area (Å²) in [4.78, 5) is 7.31. The van der Waals surface area contributed by atoms with E-state index in [0.29, 0.717) is 5.92 Å². The van der Waals surface area contributed by atoms with E-state index in [4.69, 9.17) is 9.72 Å². The van der Waals surface area contributed by atoms with Crippen LogP contribution in [0.15, 0.2) is 12.1 Å². The maximum Gasteiger partial charge on any atom is 0.0582 e. The van der Waals surface area contributed by atoms with Crippen molar-refractivity contribution >= 4 is 0 Å². The highest BCUT2D eigenvalue weighted by Gasteiger charge is 2.23. The minimum absolute atomic E-state index is 0.565. The molecule has 0 N–H and O–H groups in total. The number of pyridine rings is 1. The number of hydrogen-bond donors (Lipinski definition) is 0. The van der Waals surface area contributed by atoms with Crippen LogP contribution < -0.4 is 0 Å². The van der Waals surface area contributed by atoms with Gasteiger partial charge in [0.25, 0.3) is 0 Å². The zero-order valence-corrected chi connectivity index (χ0v) is 15.2. The van der Waals surface area contributed by atoms with Crippen LogP contribution in [-0.4, -0.2) is 36.2 Å². The van der Waals surface area contributed by atoms with Crippen LogP contribution in [0, 0.1) is 6.92 Å². The average molecular weight is 306 g/mol. The van der Waals surface area contributed by atoms with Gasteiger partial charge in [-0.15, -0.1) is 0 Å². The lowest BCUT2D eigenvalue weighted by Crippen LogP contribution is -2.21. The Morgan fingerprint density at radius 1 is 1.14 bits per heavy atom. The van der Waals surface area contributed by atoms with Gasteiger partial charge in [-0.25, -0.2) is 0 Å². The molecule has 0 aromatic carbocycles. The smallest absolute Gasteiger partial charge is 0.0582 e. The van der Waals surface area contributed by atoms with Crippen molar-refractivity contribution in [3.8, 4) is 0 Å². The van der Waals surface area contributed by atoms with Gasteiger partial charge in [-0.05, 0) is 50.9 Å². The fraction of sp³-hybridized carbons (Fsp3) is 0.737. The number of aromatic nitrogens is 1. The fourth-order valence-corrected chi connectivity index (χ4v) is 3.05. The van der Waals surface area contributed by atoms with E-state index in [1.807, 2.05) is 27.7 Å². The Morgan fingerprint density at radius 3 is 2.41 bits per heavy atom. The molecule has 3 nitrogen and oxygen atoms in total. The third kappa shape index (κ3) is 5.36. The molecule has 2 fully saturated rings. The number of likely N-dealkylation sites (tertiary alicyclic amines) is 1. The Labute approximate surface area is 137 Å². The molecule has 2 saturated heterocycles. The minimum atomic E-state index is 0.565. The van der Waals surface area contributed by atoms with Crippen LogP contribution in [-0.2, 0) is 11.3 Å². The van der Waals surface area contributed by atoms with Gasteiger partial charge in [0.15, 0.2) is 0 Å². The molecular weight excluding hydrogens is 272 g/mol. The summed E-state index contributed by atoms with van der Waals surface area (Å²) in [6.45, 7) is 15.3. The maximum atomic E-state index is 5.53. The van der Waals surface area contributed by atoms with Crippen molar-refractivity contribution in [1.29, 1.82) is 0 Å². The van der Waals surface area contributed by atoms with Crippen molar-refractivity contribution in [1.82, 2.24) is 9.88 Å². The molecule has 1 aromatic rings. The first-order valence-electron chi connectivity index (χ1n) is 9.09. The van der Waals surface area contributed by atoms with Crippen molar-refractivity contribution in [2.75, 3.05) is 26.3 Å². The number of ether oxygens (including phenoxy) is 1. The summed E-state index contributed by atoms with van der Waals surface area (Å²) < 4.78 is 5.53. The molecule has 3 heterocycles. The Hall–Kier alpha value is -0.930. The van der Waals surface area contributed by atoms with E-state index < -0.39 is 0 Å². The minimum Gasteiger partial charge on any atom is -0.381 e. The molecule has 0 spiro atoms. The molecule has 22 heavy (non-hydrogen) atoms. The molecule has 3 rings (SSSR count). The first-order chi connectivity index (χ1) is 10.8. The molecular formula is C19H34N2O. The van der Waals surface area contributed by atoms with Gasteiger partial charge in [0.2, 0.25) is 0 Å². The first-order valence-corrected chi connectivity index (χ1v) is 9.09. The van der Waals surface area contributed by atoms with Crippen LogP contribution in [0.3, 0.4) is 0 Å². The number of nitrogens with zero attached hydrogens (tertiary/aromatic N) is 2. The Balaban J connectivity index is 0.000000561. The Morgan fingerprint density at radius 2 is 1.82 bits per heavy atom. The zero-order valence-electron chi connectivity index (χ0n) is 15.2. The van der Waals surface area contributed by atoms with Crippen molar-refractivity contribution in [3.63, 3.8) is 0 Å². The van der Waals surface area contributed by atoms with Gasteiger partial charge >= 0.3 is 0 Å². The molecule has 2 aliphatic heterocycles. The third-order valence-electron chi connectivity index (χ3n) is 4.09. The molecule has 1 unspecified atom stereocenters. The highest BCUT2D eigenvalue weighted by molar-refractivity contribution is 5.27. The van der Waals surface area contributed by atoms with E-state index in [-0.39, 0.29) is 0 Å². The lowest BCUT2D eigenvalue weighted by molar-refractivity contribution is 0.193. The van der Waals surface area contributed by atoms with Gasteiger partial charge in [0, 0.05) is 24.8 Å². The number of rotatable bonds is 3. The molecule has 0 aliphatic carbocycles.